The number of aromatic nitrogens is 2. The Balaban J connectivity index is 0.000000201. The zero-order valence-electron chi connectivity index (χ0n) is 25.4. The highest BCUT2D eigenvalue weighted by molar-refractivity contribution is 7.14. The van der Waals surface area contributed by atoms with Crippen LogP contribution in [0.15, 0.2) is 59.3 Å². The Morgan fingerprint density at radius 3 is 2.02 bits per heavy atom. The number of carbonyl (C=O) groups is 2. The summed E-state index contributed by atoms with van der Waals surface area (Å²) in [5, 5.41) is 26.5. The van der Waals surface area contributed by atoms with Gasteiger partial charge in [0.25, 0.3) is 0 Å². The van der Waals surface area contributed by atoms with E-state index >= 15 is 0 Å². The smallest absolute Gasteiger partial charge is 0.305 e. The average Bonchev–Trinajstić information content (AvgIpc) is 3.75. The van der Waals surface area contributed by atoms with E-state index in [2.05, 4.69) is 46.0 Å². The molecule has 226 valence electrons. The minimum Gasteiger partial charge on any atom is -0.469 e. The summed E-state index contributed by atoms with van der Waals surface area (Å²) >= 11 is 3.00. The lowest BCUT2D eigenvalue weighted by Crippen LogP contribution is -2.40. The summed E-state index contributed by atoms with van der Waals surface area (Å²) in [7, 11) is 1.40. The Kier molecular flexibility index (Phi) is 10.1. The van der Waals surface area contributed by atoms with E-state index < -0.39 is 0 Å². The normalized spacial score (nSPS) is 13.8. The number of nitrogens with one attached hydrogen (secondary N) is 1. The van der Waals surface area contributed by atoms with Crippen LogP contribution in [0.1, 0.15) is 64.5 Å². The number of methoxy groups -OCH3 is 1. The molecule has 4 aromatic rings. The van der Waals surface area contributed by atoms with E-state index in [1.807, 2.05) is 53.8 Å². The first-order valence-corrected chi connectivity index (χ1v) is 15.8. The van der Waals surface area contributed by atoms with Crippen molar-refractivity contribution < 1.29 is 14.3 Å². The van der Waals surface area contributed by atoms with Crippen molar-refractivity contribution in [2.24, 2.45) is 0 Å². The van der Waals surface area contributed by atoms with Crippen LogP contribution < -0.4 is 10.2 Å². The van der Waals surface area contributed by atoms with Gasteiger partial charge in [0.2, 0.25) is 5.91 Å². The summed E-state index contributed by atoms with van der Waals surface area (Å²) in [6.07, 6.45) is 2.46. The van der Waals surface area contributed by atoms with E-state index in [0.717, 1.165) is 39.2 Å². The number of amides is 1. The quantitative estimate of drug-likeness (QED) is 0.200. The van der Waals surface area contributed by atoms with Crippen LogP contribution in [-0.2, 0) is 14.3 Å². The molecule has 1 amide bonds. The molecule has 2 aromatic carbocycles. The van der Waals surface area contributed by atoms with Gasteiger partial charge >= 0.3 is 5.97 Å². The van der Waals surface area contributed by atoms with E-state index in [1.54, 1.807) is 24.3 Å². The number of anilines is 2. The van der Waals surface area contributed by atoms with E-state index in [0.29, 0.717) is 30.4 Å². The van der Waals surface area contributed by atoms with Crippen molar-refractivity contribution in [3.05, 3.63) is 70.4 Å². The summed E-state index contributed by atoms with van der Waals surface area (Å²) in [6.45, 7) is 8.19. The zero-order valence-corrected chi connectivity index (χ0v) is 27.0. The second-order valence-corrected chi connectivity index (χ2v) is 13.3. The fraction of sp³-hybridized carbons (Fsp3) is 0.333. The van der Waals surface area contributed by atoms with Crippen molar-refractivity contribution in [1.82, 2.24) is 9.97 Å². The van der Waals surface area contributed by atoms with Gasteiger partial charge in [-0.2, -0.15) is 10.5 Å². The highest BCUT2D eigenvalue weighted by Crippen LogP contribution is 2.38. The lowest BCUT2D eigenvalue weighted by Gasteiger charge is -2.29. The largest absolute Gasteiger partial charge is 0.469 e. The third-order valence-corrected chi connectivity index (χ3v) is 8.82. The molecule has 3 heterocycles. The van der Waals surface area contributed by atoms with Gasteiger partial charge in [-0.1, -0.05) is 24.3 Å². The lowest BCUT2D eigenvalue weighted by atomic mass is 9.99. The van der Waals surface area contributed by atoms with Crippen LogP contribution in [0.25, 0.3) is 22.5 Å². The molecular formula is C33H34N6O3S2. The minimum atomic E-state index is -0.256. The average molecular weight is 627 g/mol. The Hall–Kier alpha value is -4.58. The molecule has 1 N–H and O–H groups in total. The minimum absolute atomic E-state index is 0.140. The number of nitriles is 2. The molecular weight excluding hydrogens is 593 g/mol. The first-order chi connectivity index (χ1) is 20.9. The van der Waals surface area contributed by atoms with Crippen molar-refractivity contribution in [1.29, 1.82) is 10.5 Å². The van der Waals surface area contributed by atoms with Gasteiger partial charge in [0.15, 0.2) is 10.3 Å². The van der Waals surface area contributed by atoms with E-state index in [-0.39, 0.29) is 23.0 Å². The first-order valence-electron chi connectivity index (χ1n) is 14.0. The third kappa shape index (κ3) is 8.07. The third-order valence-electron chi connectivity index (χ3n) is 7.24. The Morgan fingerprint density at radius 2 is 1.52 bits per heavy atom. The molecule has 2 aromatic heterocycles. The standard InChI is InChI=1S/C17H19N3O2S.C16H15N3OS/c1-17(2,9-8-15(21)22-3)20-16-19-14(11-23-16)13-6-4-12(10-18)5-7-13;1-16(2)8-7-14(20)19(16)15-18-13(10-21-15)12-5-3-11(9-17)4-6-12/h4-7,11H,8-9H2,1-3H3,(H,19,20);3-6,10H,7-8H2,1-2H3. The summed E-state index contributed by atoms with van der Waals surface area (Å²) < 4.78 is 4.67. The van der Waals surface area contributed by atoms with Gasteiger partial charge in [-0.05, 0) is 64.8 Å². The van der Waals surface area contributed by atoms with E-state index in [1.165, 1.54) is 29.8 Å². The second-order valence-electron chi connectivity index (χ2n) is 11.6. The van der Waals surface area contributed by atoms with Crippen molar-refractivity contribution in [2.45, 2.75) is 64.5 Å². The Bertz CT molecular complexity index is 1690. The van der Waals surface area contributed by atoms with Crippen molar-refractivity contribution in [3.63, 3.8) is 0 Å². The van der Waals surface area contributed by atoms with Crippen LogP contribution in [0.2, 0.25) is 0 Å². The first kappa shape index (κ1) is 32.3. The topological polar surface area (TPSA) is 132 Å². The Labute approximate surface area is 265 Å². The summed E-state index contributed by atoms with van der Waals surface area (Å²) in [4.78, 5) is 34.3. The molecule has 0 saturated carbocycles. The van der Waals surface area contributed by atoms with Gasteiger partial charge in [-0.3, -0.25) is 14.5 Å². The Morgan fingerprint density at radius 1 is 0.977 bits per heavy atom. The van der Waals surface area contributed by atoms with Gasteiger partial charge in [0.1, 0.15) is 0 Å². The van der Waals surface area contributed by atoms with E-state index in [4.69, 9.17) is 10.5 Å². The van der Waals surface area contributed by atoms with Gasteiger partial charge in [-0.15, -0.1) is 22.7 Å². The number of hydrogen-bond donors (Lipinski definition) is 1. The molecule has 9 nitrogen and oxygen atoms in total. The van der Waals surface area contributed by atoms with Gasteiger partial charge in [-0.25, -0.2) is 9.97 Å². The van der Waals surface area contributed by atoms with Gasteiger partial charge < -0.3 is 10.1 Å². The molecule has 0 radical (unpaired) electrons. The number of nitrogens with zero attached hydrogens (tertiary/aromatic N) is 5. The molecule has 1 saturated heterocycles. The molecule has 1 aliphatic rings. The highest BCUT2D eigenvalue weighted by Gasteiger charge is 2.40. The number of ether oxygens (including phenoxy) is 1. The number of benzene rings is 2. The SMILES string of the molecule is CC1(C)CCC(=O)N1c1nc(-c2ccc(C#N)cc2)cs1.COC(=O)CCC(C)(C)Nc1nc(-c2ccc(C#N)cc2)cs1. The number of carbonyl (C=O) groups excluding carboxylic acids is 2. The van der Waals surface area contributed by atoms with Crippen LogP contribution in [-0.4, -0.2) is 40.0 Å². The fourth-order valence-corrected chi connectivity index (χ4v) is 6.51. The number of hydrogen-bond acceptors (Lipinski definition) is 10. The van der Waals surface area contributed by atoms with Crippen LogP contribution in [0, 0.1) is 22.7 Å². The molecule has 0 unspecified atom stereocenters. The molecule has 0 spiro atoms. The van der Waals surface area contributed by atoms with Gasteiger partial charge in [0, 0.05) is 45.8 Å². The predicted octanol–water partition coefficient (Wildman–Crippen LogP) is 7.41. The molecule has 0 aliphatic carbocycles. The van der Waals surface area contributed by atoms with Crippen LogP contribution in [0.5, 0.6) is 0 Å². The number of thiazole rings is 2. The van der Waals surface area contributed by atoms with Crippen LogP contribution in [0.4, 0.5) is 10.3 Å². The van der Waals surface area contributed by atoms with Crippen molar-refractivity contribution in [3.8, 4) is 34.7 Å². The zero-order chi connectivity index (χ0) is 31.9. The molecule has 1 aliphatic heterocycles. The molecule has 0 bridgehead atoms. The molecule has 44 heavy (non-hydrogen) atoms. The second kappa shape index (κ2) is 13.8. The number of esters is 1. The highest BCUT2D eigenvalue weighted by atomic mass is 32.1. The molecule has 0 atom stereocenters. The summed E-state index contributed by atoms with van der Waals surface area (Å²) in [6, 6.07) is 18.9. The van der Waals surface area contributed by atoms with Crippen molar-refractivity contribution in [2.75, 3.05) is 17.3 Å². The van der Waals surface area contributed by atoms with Crippen LogP contribution >= 0.6 is 22.7 Å². The maximum atomic E-state index is 12.1. The van der Waals surface area contributed by atoms with E-state index in [9.17, 15) is 9.59 Å². The fourth-order valence-electron chi connectivity index (χ4n) is 4.60. The monoisotopic (exact) mass is 626 g/mol. The summed E-state index contributed by atoms with van der Waals surface area (Å²) in [5.41, 5.74) is 4.48. The number of rotatable bonds is 8. The summed E-state index contributed by atoms with van der Waals surface area (Å²) in [5.74, 6) is -0.0713. The maximum Gasteiger partial charge on any atom is 0.305 e. The molecule has 5 rings (SSSR count). The molecule has 1 fully saturated rings. The predicted molar refractivity (Wildman–Crippen MR) is 174 cm³/mol. The van der Waals surface area contributed by atoms with Gasteiger partial charge in [0.05, 0.1) is 41.8 Å². The molecule has 11 heteroatoms. The van der Waals surface area contributed by atoms with Crippen molar-refractivity contribution >= 4 is 44.8 Å². The van der Waals surface area contributed by atoms with Crippen LogP contribution in [0.3, 0.4) is 0 Å². The lowest BCUT2D eigenvalue weighted by molar-refractivity contribution is -0.140. The maximum absolute atomic E-state index is 12.1.